The number of aliphatic hydroxyl groups excluding tert-OH is 5. The highest BCUT2D eigenvalue weighted by Gasteiger charge is 2.73. The SMILES string of the molecule is CC1CCC2(C(=O)O)CCC3(C(=O)O)C(=CCC4C5(C)CCC(OC6OC(C)C(O)C(OC7OCC(O)C(O)C7O)C6O)C(C)(C)C5CCC43C)C2C1C. The first-order valence-electron chi connectivity index (χ1n) is 20.3. The molecular formula is C41H64O13. The summed E-state index contributed by atoms with van der Waals surface area (Å²) < 4.78 is 23.9. The molecule has 0 bridgehead atoms. The quantitative estimate of drug-likeness (QED) is 0.153. The van der Waals surface area contributed by atoms with E-state index in [2.05, 4.69) is 47.6 Å². The molecule has 0 spiro atoms. The number of fused-ring (bicyclic) bond motifs is 7. The van der Waals surface area contributed by atoms with Crippen LogP contribution in [0.2, 0.25) is 0 Å². The highest BCUT2D eigenvalue weighted by molar-refractivity contribution is 5.84. The van der Waals surface area contributed by atoms with Gasteiger partial charge in [0.1, 0.15) is 36.6 Å². The zero-order valence-corrected chi connectivity index (χ0v) is 32.9. The van der Waals surface area contributed by atoms with Gasteiger partial charge in [-0.05, 0) is 111 Å². The Kier molecular flexibility index (Phi) is 10.3. The molecule has 2 saturated heterocycles. The molecule has 4 saturated carbocycles. The smallest absolute Gasteiger partial charge is 0.314 e. The predicted octanol–water partition coefficient (Wildman–Crippen LogP) is 3.47. The maximum absolute atomic E-state index is 13.9. The van der Waals surface area contributed by atoms with Crippen molar-refractivity contribution in [1.82, 2.24) is 0 Å². The summed E-state index contributed by atoms with van der Waals surface area (Å²) in [5, 5.41) is 75.1. The maximum atomic E-state index is 13.9. The summed E-state index contributed by atoms with van der Waals surface area (Å²) >= 11 is 0. The van der Waals surface area contributed by atoms with Crippen molar-refractivity contribution in [2.75, 3.05) is 6.61 Å². The summed E-state index contributed by atoms with van der Waals surface area (Å²) in [6.07, 6.45) is -4.46. The molecule has 0 amide bonds. The molecule has 0 aromatic carbocycles. The normalized spacial score (nSPS) is 54.2. The highest BCUT2D eigenvalue weighted by atomic mass is 16.7. The van der Waals surface area contributed by atoms with Crippen LogP contribution in [-0.2, 0) is 28.5 Å². The van der Waals surface area contributed by atoms with Gasteiger partial charge in [0.25, 0.3) is 0 Å². The van der Waals surface area contributed by atoms with E-state index in [0.29, 0.717) is 44.4 Å². The van der Waals surface area contributed by atoms with Crippen molar-refractivity contribution in [3.8, 4) is 0 Å². The zero-order valence-electron chi connectivity index (χ0n) is 32.9. The average Bonchev–Trinajstić information content (AvgIpc) is 3.10. The number of hydrogen-bond donors (Lipinski definition) is 7. The van der Waals surface area contributed by atoms with E-state index < -0.39 is 88.9 Å². The zero-order chi connectivity index (χ0) is 39.5. The summed E-state index contributed by atoms with van der Waals surface area (Å²) in [5.74, 6) is -1.39. The Hall–Kier alpha value is -1.68. The first-order valence-corrected chi connectivity index (χ1v) is 20.3. The van der Waals surface area contributed by atoms with Crippen LogP contribution in [0.5, 0.6) is 0 Å². The van der Waals surface area contributed by atoms with Gasteiger partial charge in [-0.3, -0.25) is 9.59 Å². The molecule has 54 heavy (non-hydrogen) atoms. The fraction of sp³-hybridized carbons (Fsp3) is 0.902. The topological polar surface area (TPSA) is 213 Å². The third-order valence-corrected chi connectivity index (χ3v) is 17.0. The lowest BCUT2D eigenvalue weighted by Crippen LogP contribution is -2.68. The largest absolute Gasteiger partial charge is 0.481 e. The summed E-state index contributed by atoms with van der Waals surface area (Å²) in [4.78, 5) is 27.0. The molecule has 0 aromatic heterocycles. The van der Waals surface area contributed by atoms with Crippen molar-refractivity contribution in [3.63, 3.8) is 0 Å². The van der Waals surface area contributed by atoms with Crippen molar-refractivity contribution in [2.24, 2.45) is 56.7 Å². The highest BCUT2D eigenvalue weighted by Crippen LogP contribution is 2.76. The number of aliphatic hydroxyl groups is 5. The Bertz CT molecular complexity index is 1500. The summed E-state index contributed by atoms with van der Waals surface area (Å²) in [5.41, 5.74) is -2.49. The van der Waals surface area contributed by atoms with E-state index in [9.17, 15) is 45.3 Å². The molecule has 7 N–H and O–H groups in total. The van der Waals surface area contributed by atoms with Gasteiger partial charge < -0.3 is 54.7 Å². The third-order valence-electron chi connectivity index (χ3n) is 17.0. The number of carbonyl (C=O) groups is 2. The minimum Gasteiger partial charge on any atom is -0.481 e. The maximum Gasteiger partial charge on any atom is 0.314 e. The molecule has 2 heterocycles. The Balaban J connectivity index is 1.15. The molecule has 13 heteroatoms. The first kappa shape index (κ1) is 40.5. The number of aliphatic carboxylic acids is 2. The minimum absolute atomic E-state index is 0.0396. The van der Waals surface area contributed by atoms with Crippen LogP contribution in [0.15, 0.2) is 11.6 Å². The van der Waals surface area contributed by atoms with Crippen LogP contribution in [0.4, 0.5) is 0 Å². The molecule has 5 aliphatic carbocycles. The van der Waals surface area contributed by atoms with Crippen LogP contribution in [-0.4, -0.2) is 116 Å². The van der Waals surface area contributed by atoms with Gasteiger partial charge in [-0.15, -0.1) is 0 Å². The van der Waals surface area contributed by atoms with Crippen LogP contribution in [0.3, 0.4) is 0 Å². The van der Waals surface area contributed by atoms with Crippen molar-refractivity contribution >= 4 is 11.9 Å². The Morgan fingerprint density at radius 2 is 1.46 bits per heavy atom. The lowest BCUT2D eigenvalue weighted by Gasteiger charge is -2.70. The molecule has 306 valence electrons. The lowest BCUT2D eigenvalue weighted by atomic mass is 9.33. The second-order valence-corrected chi connectivity index (χ2v) is 19.5. The van der Waals surface area contributed by atoms with Gasteiger partial charge in [0.05, 0.1) is 29.6 Å². The van der Waals surface area contributed by atoms with Crippen molar-refractivity contribution in [2.45, 2.75) is 168 Å². The predicted molar refractivity (Wildman–Crippen MR) is 192 cm³/mol. The molecule has 19 unspecified atom stereocenters. The van der Waals surface area contributed by atoms with Crippen molar-refractivity contribution < 1.29 is 64.3 Å². The molecule has 0 aromatic rings. The average molecular weight is 765 g/mol. The Labute approximate surface area is 318 Å². The van der Waals surface area contributed by atoms with Gasteiger partial charge in [0.15, 0.2) is 12.6 Å². The van der Waals surface area contributed by atoms with E-state index >= 15 is 0 Å². The van der Waals surface area contributed by atoms with Gasteiger partial charge in [-0.2, -0.15) is 0 Å². The standard InChI is InChI=1S/C41H64O13/c1-19-10-15-40(35(47)48)16-17-41(36(49)50)22(27(40)20(19)2)8-9-25-38(6)13-12-26(37(4,5)24(38)11-14-39(25,41)7)53-34-31(46)32(28(43)21(3)52-34)54-33-30(45)29(44)23(42)18-51-33/h8,19-21,23-34,42-46H,9-18H2,1-7H3,(H,47,48)(H,49,50). The van der Waals surface area contributed by atoms with Gasteiger partial charge in [-0.1, -0.05) is 53.2 Å². The number of carboxylic acid groups (broad SMARTS) is 2. The van der Waals surface area contributed by atoms with E-state index in [4.69, 9.17) is 18.9 Å². The van der Waals surface area contributed by atoms with E-state index in [-0.39, 0.29) is 41.8 Å². The van der Waals surface area contributed by atoms with Gasteiger partial charge >= 0.3 is 11.9 Å². The molecule has 19 atom stereocenters. The van der Waals surface area contributed by atoms with Gasteiger partial charge in [0, 0.05) is 0 Å². The summed E-state index contributed by atoms with van der Waals surface area (Å²) in [7, 11) is 0. The molecule has 2 aliphatic heterocycles. The lowest BCUT2D eigenvalue weighted by molar-refractivity contribution is -0.358. The summed E-state index contributed by atoms with van der Waals surface area (Å²) in [6.45, 7) is 14.5. The summed E-state index contributed by atoms with van der Waals surface area (Å²) in [6, 6.07) is 0. The molecule has 7 aliphatic rings. The Morgan fingerprint density at radius 3 is 2.13 bits per heavy atom. The first-order chi connectivity index (χ1) is 25.2. The number of rotatable bonds is 6. The second kappa shape index (κ2) is 13.7. The van der Waals surface area contributed by atoms with E-state index in [1.807, 2.05) is 0 Å². The van der Waals surface area contributed by atoms with Crippen molar-refractivity contribution in [1.29, 1.82) is 0 Å². The monoisotopic (exact) mass is 764 g/mol. The van der Waals surface area contributed by atoms with E-state index in [1.54, 1.807) is 6.92 Å². The van der Waals surface area contributed by atoms with Gasteiger partial charge in [-0.25, -0.2) is 0 Å². The number of ether oxygens (including phenoxy) is 4. The number of hydrogen-bond acceptors (Lipinski definition) is 11. The molecule has 13 nitrogen and oxygen atoms in total. The second-order valence-electron chi connectivity index (χ2n) is 19.5. The van der Waals surface area contributed by atoms with Crippen LogP contribution >= 0.6 is 0 Å². The molecule has 6 fully saturated rings. The van der Waals surface area contributed by atoms with E-state index in [0.717, 1.165) is 24.8 Å². The number of allylic oxidation sites excluding steroid dienone is 1. The Morgan fingerprint density at radius 1 is 0.759 bits per heavy atom. The molecule has 7 rings (SSSR count). The molecule has 0 radical (unpaired) electrons. The van der Waals surface area contributed by atoms with E-state index in [1.165, 1.54) is 0 Å². The minimum atomic E-state index is -1.61. The van der Waals surface area contributed by atoms with Crippen LogP contribution in [0, 0.1) is 56.7 Å². The fourth-order valence-corrected chi connectivity index (χ4v) is 13.7. The van der Waals surface area contributed by atoms with Crippen LogP contribution in [0.25, 0.3) is 0 Å². The van der Waals surface area contributed by atoms with Crippen LogP contribution in [0.1, 0.15) is 106 Å². The third kappa shape index (κ3) is 5.56. The van der Waals surface area contributed by atoms with Gasteiger partial charge in [0.2, 0.25) is 0 Å². The number of carboxylic acids is 2. The fourth-order valence-electron chi connectivity index (χ4n) is 13.7. The van der Waals surface area contributed by atoms with Crippen molar-refractivity contribution in [3.05, 3.63) is 11.6 Å². The molecular weight excluding hydrogens is 700 g/mol. The van der Waals surface area contributed by atoms with Crippen LogP contribution < -0.4 is 0 Å².